The zero-order chi connectivity index (χ0) is 11.3. The normalized spacial score (nSPS) is 12.3. The number of hydrogen-bond acceptors (Lipinski definition) is 4. The maximum Gasteiger partial charge on any atom is 0.144 e. The Bertz CT molecular complexity index is 290. The molecule has 0 saturated carbocycles. The highest BCUT2D eigenvalue weighted by atomic mass is 16.5. The van der Waals surface area contributed by atoms with Crippen LogP contribution in [0.3, 0.4) is 0 Å². The maximum atomic E-state index is 9.24. The summed E-state index contributed by atoms with van der Waals surface area (Å²) >= 11 is 0. The number of rotatable bonds is 5. The van der Waals surface area contributed by atoms with Crippen molar-refractivity contribution in [3.63, 3.8) is 0 Å². The summed E-state index contributed by atoms with van der Waals surface area (Å²) in [6.45, 7) is 1.76. The minimum absolute atomic E-state index is 0.326. The van der Waals surface area contributed by atoms with Gasteiger partial charge in [0.1, 0.15) is 11.5 Å². The highest BCUT2D eigenvalue weighted by Crippen LogP contribution is 2.28. The number of methoxy groups -OCH3 is 2. The van der Waals surface area contributed by atoms with Gasteiger partial charge in [0.25, 0.3) is 0 Å². The lowest BCUT2D eigenvalue weighted by Crippen LogP contribution is -2.04. The SMILES string of the molecule is COc1cncc(OC)c1CC[C@@H](C)O. The third-order valence-electron chi connectivity index (χ3n) is 2.23. The lowest BCUT2D eigenvalue weighted by molar-refractivity contribution is 0.184. The van der Waals surface area contributed by atoms with Gasteiger partial charge in [-0.15, -0.1) is 0 Å². The number of aliphatic hydroxyl groups is 1. The Labute approximate surface area is 89.9 Å². The van der Waals surface area contributed by atoms with Gasteiger partial charge in [0.2, 0.25) is 0 Å². The van der Waals surface area contributed by atoms with E-state index in [1.54, 1.807) is 33.5 Å². The smallest absolute Gasteiger partial charge is 0.144 e. The molecule has 1 heterocycles. The summed E-state index contributed by atoms with van der Waals surface area (Å²) < 4.78 is 10.4. The van der Waals surface area contributed by atoms with Gasteiger partial charge in [0, 0.05) is 5.56 Å². The molecule has 1 atom stereocenters. The van der Waals surface area contributed by atoms with Gasteiger partial charge < -0.3 is 14.6 Å². The van der Waals surface area contributed by atoms with E-state index in [-0.39, 0.29) is 6.10 Å². The highest BCUT2D eigenvalue weighted by Gasteiger charge is 2.11. The van der Waals surface area contributed by atoms with E-state index in [9.17, 15) is 5.11 Å². The largest absolute Gasteiger partial charge is 0.495 e. The Morgan fingerprint density at radius 3 is 2.20 bits per heavy atom. The third kappa shape index (κ3) is 3.09. The molecule has 84 valence electrons. The Morgan fingerprint density at radius 2 is 1.80 bits per heavy atom. The predicted molar refractivity (Wildman–Crippen MR) is 57.3 cm³/mol. The molecule has 4 nitrogen and oxygen atoms in total. The van der Waals surface area contributed by atoms with Crippen LogP contribution in [0.15, 0.2) is 12.4 Å². The van der Waals surface area contributed by atoms with Gasteiger partial charge in [0.05, 0.1) is 32.7 Å². The number of nitrogens with zero attached hydrogens (tertiary/aromatic N) is 1. The Balaban J connectivity index is 2.89. The summed E-state index contributed by atoms with van der Waals surface area (Å²) in [5.74, 6) is 1.41. The first-order valence-corrected chi connectivity index (χ1v) is 4.92. The van der Waals surface area contributed by atoms with Crippen molar-refractivity contribution in [2.24, 2.45) is 0 Å². The molecule has 0 amide bonds. The number of pyridine rings is 1. The minimum atomic E-state index is -0.326. The van der Waals surface area contributed by atoms with Crippen LogP contribution in [0.5, 0.6) is 11.5 Å². The van der Waals surface area contributed by atoms with Crippen LogP contribution in [0.25, 0.3) is 0 Å². The molecule has 1 aromatic heterocycles. The molecular formula is C11H17NO3. The van der Waals surface area contributed by atoms with E-state index in [1.807, 2.05) is 0 Å². The fourth-order valence-corrected chi connectivity index (χ4v) is 1.40. The number of aromatic nitrogens is 1. The molecule has 0 aromatic carbocycles. The average molecular weight is 211 g/mol. The van der Waals surface area contributed by atoms with E-state index in [1.165, 1.54) is 0 Å². The lowest BCUT2D eigenvalue weighted by atomic mass is 10.1. The first-order valence-electron chi connectivity index (χ1n) is 4.92. The zero-order valence-corrected chi connectivity index (χ0v) is 9.36. The van der Waals surface area contributed by atoms with Crippen molar-refractivity contribution in [3.8, 4) is 11.5 Å². The average Bonchev–Trinajstić information content (AvgIpc) is 2.25. The van der Waals surface area contributed by atoms with E-state index < -0.39 is 0 Å². The van der Waals surface area contributed by atoms with Crippen molar-refractivity contribution in [3.05, 3.63) is 18.0 Å². The lowest BCUT2D eigenvalue weighted by Gasteiger charge is -2.12. The molecule has 1 aromatic rings. The van der Waals surface area contributed by atoms with E-state index in [0.717, 1.165) is 5.56 Å². The number of aliphatic hydroxyl groups excluding tert-OH is 1. The van der Waals surface area contributed by atoms with Crippen LogP contribution in [-0.2, 0) is 6.42 Å². The first-order chi connectivity index (χ1) is 7.19. The second-order valence-electron chi connectivity index (χ2n) is 3.41. The van der Waals surface area contributed by atoms with Gasteiger partial charge in [-0.1, -0.05) is 0 Å². The molecule has 15 heavy (non-hydrogen) atoms. The van der Waals surface area contributed by atoms with Gasteiger partial charge in [-0.2, -0.15) is 0 Å². The van der Waals surface area contributed by atoms with Gasteiger partial charge >= 0.3 is 0 Å². The molecule has 0 aliphatic heterocycles. The van der Waals surface area contributed by atoms with Gasteiger partial charge in [0.15, 0.2) is 0 Å². The Hall–Kier alpha value is -1.29. The quantitative estimate of drug-likeness (QED) is 0.800. The van der Waals surface area contributed by atoms with Crippen LogP contribution in [0.2, 0.25) is 0 Å². The van der Waals surface area contributed by atoms with E-state index >= 15 is 0 Å². The number of ether oxygens (including phenoxy) is 2. The second-order valence-corrected chi connectivity index (χ2v) is 3.41. The van der Waals surface area contributed by atoms with Crippen LogP contribution in [-0.4, -0.2) is 30.4 Å². The molecule has 0 spiro atoms. The summed E-state index contributed by atoms with van der Waals surface area (Å²) in [5, 5.41) is 9.24. The molecule has 1 rings (SSSR count). The third-order valence-corrected chi connectivity index (χ3v) is 2.23. The molecule has 0 aliphatic rings. The van der Waals surface area contributed by atoms with Gasteiger partial charge in [-0.05, 0) is 19.8 Å². The van der Waals surface area contributed by atoms with E-state index in [2.05, 4.69) is 4.98 Å². The molecule has 0 aliphatic carbocycles. The van der Waals surface area contributed by atoms with Crippen LogP contribution in [0.4, 0.5) is 0 Å². The molecular weight excluding hydrogens is 194 g/mol. The summed E-state index contributed by atoms with van der Waals surface area (Å²) in [4.78, 5) is 4.00. The summed E-state index contributed by atoms with van der Waals surface area (Å²) in [7, 11) is 3.20. The summed E-state index contributed by atoms with van der Waals surface area (Å²) in [6.07, 6.45) is 4.37. The zero-order valence-electron chi connectivity index (χ0n) is 9.36. The van der Waals surface area contributed by atoms with Crippen molar-refractivity contribution in [2.75, 3.05) is 14.2 Å². The Morgan fingerprint density at radius 1 is 1.27 bits per heavy atom. The summed E-state index contributed by atoms with van der Waals surface area (Å²) in [6, 6.07) is 0. The fraction of sp³-hybridized carbons (Fsp3) is 0.545. The van der Waals surface area contributed by atoms with Crippen molar-refractivity contribution >= 4 is 0 Å². The van der Waals surface area contributed by atoms with Crippen LogP contribution >= 0.6 is 0 Å². The standard InChI is InChI=1S/C11H17NO3/c1-8(13)4-5-9-10(14-2)6-12-7-11(9)15-3/h6-8,13H,4-5H2,1-3H3/t8-/m1/s1. The molecule has 1 N–H and O–H groups in total. The second kappa shape index (κ2) is 5.56. The van der Waals surface area contributed by atoms with Crippen molar-refractivity contribution < 1.29 is 14.6 Å². The first kappa shape index (κ1) is 11.8. The highest BCUT2D eigenvalue weighted by molar-refractivity contribution is 5.41. The number of hydrogen-bond donors (Lipinski definition) is 1. The minimum Gasteiger partial charge on any atom is -0.495 e. The van der Waals surface area contributed by atoms with Crippen molar-refractivity contribution in [1.82, 2.24) is 4.98 Å². The molecule has 0 unspecified atom stereocenters. The Kier molecular flexibility index (Phi) is 4.37. The van der Waals surface area contributed by atoms with Crippen molar-refractivity contribution in [2.45, 2.75) is 25.9 Å². The maximum absolute atomic E-state index is 9.24. The van der Waals surface area contributed by atoms with E-state index in [4.69, 9.17) is 9.47 Å². The van der Waals surface area contributed by atoms with Crippen LogP contribution in [0, 0.1) is 0 Å². The molecule has 4 heteroatoms. The molecule has 0 fully saturated rings. The van der Waals surface area contributed by atoms with E-state index in [0.29, 0.717) is 24.3 Å². The molecule has 0 radical (unpaired) electrons. The van der Waals surface area contributed by atoms with Crippen LogP contribution in [0.1, 0.15) is 18.9 Å². The van der Waals surface area contributed by atoms with Crippen LogP contribution < -0.4 is 9.47 Å². The molecule has 0 bridgehead atoms. The predicted octanol–water partition coefficient (Wildman–Crippen LogP) is 1.41. The summed E-state index contributed by atoms with van der Waals surface area (Å²) in [5.41, 5.74) is 0.955. The fourth-order valence-electron chi connectivity index (χ4n) is 1.40. The monoisotopic (exact) mass is 211 g/mol. The van der Waals surface area contributed by atoms with Gasteiger partial charge in [-0.25, -0.2) is 0 Å². The van der Waals surface area contributed by atoms with Crippen molar-refractivity contribution in [1.29, 1.82) is 0 Å². The topological polar surface area (TPSA) is 51.6 Å². The molecule has 0 saturated heterocycles. The van der Waals surface area contributed by atoms with Gasteiger partial charge in [-0.3, -0.25) is 4.98 Å².